The van der Waals surface area contributed by atoms with Gasteiger partial charge in [0, 0.05) is 5.41 Å². The lowest BCUT2D eigenvalue weighted by Gasteiger charge is -2.72. The highest BCUT2D eigenvalue weighted by atomic mass is 16.5. The number of phenols is 1. The number of allylic oxidation sites excluding steroid dienone is 1. The first-order valence-electron chi connectivity index (χ1n) is 17.5. The van der Waals surface area contributed by atoms with Gasteiger partial charge in [-0.25, -0.2) is 0 Å². The number of carbonyl (C=O) groups is 1. The number of phenolic OH excluding ortho intramolecular Hbond substituents is 1. The molecule has 0 aromatic heterocycles. The molecule has 248 valence electrons. The summed E-state index contributed by atoms with van der Waals surface area (Å²) in [6.45, 7) is 15.4. The quantitative estimate of drug-likeness (QED) is 0.161. The monoisotopic (exact) mass is 620 g/mol. The average molecular weight is 621 g/mol. The van der Waals surface area contributed by atoms with Gasteiger partial charge in [-0.05, 0) is 133 Å². The molecular weight excluding hydrogens is 564 g/mol. The number of fused-ring (bicyclic) bond motifs is 7. The van der Waals surface area contributed by atoms with Crippen LogP contribution in [0.15, 0.2) is 48.3 Å². The Labute approximate surface area is 270 Å². The molecule has 0 aliphatic heterocycles. The molecule has 3 N–H and O–H groups in total. The fraction of sp³-hybridized carbons (Fsp3) is 0.718. The summed E-state index contributed by atoms with van der Waals surface area (Å²) in [5.74, 6) is 1.19. The van der Waals surface area contributed by atoms with Gasteiger partial charge < -0.3 is 24.8 Å². The summed E-state index contributed by atoms with van der Waals surface area (Å²) >= 11 is 0. The number of benzene rings is 1. The van der Waals surface area contributed by atoms with Gasteiger partial charge in [0.2, 0.25) is 0 Å². The van der Waals surface area contributed by atoms with E-state index in [9.17, 15) is 20.1 Å². The molecular formula is C39H56O6. The van der Waals surface area contributed by atoms with Crippen molar-refractivity contribution in [1.29, 1.82) is 0 Å². The van der Waals surface area contributed by atoms with E-state index in [0.717, 1.165) is 57.8 Å². The highest BCUT2D eigenvalue weighted by Gasteiger charge is 2.69. The molecule has 5 aliphatic rings. The van der Waals surface area contributed by atoms with E-state index in [4.69, 9.17) is 9.47 Å². The van der Waals surface area contributed by atoms with Crippen molar-refractivity contribution in [3.63, 3.8) is 0 Å². The van der Waals surface area contributed by atoms with Gasteiger partial charge in [-0.2, -0.15) is 0 Å². The highest BCUT2D eigenvalue weighted by molar-refractivity contribution is 5.70. The fourth-order valence-corrected chi connectivity index (χ4v) is 12.1. The number of hydrogen-bond donors (Lipinski definition) is 3. The second-order valence-electron chi connectivity index (χ2n) is 16.9. The Morgan fingerprint density at radius 3 is 2.40 bits per heavy atom. The molecule has 0 radical (unpaired) electrons. The lowest BCUT2D eigenvalue weighted by Crippen LogP contribution is -2.66. The van der Waals surface area contributed by atoms with Crippen molar-refractivity contribution in [1.82, 2.24) is 0 Å². The number of ether oxygens (including phenoxy) is 2. The molecule has 0 bridgehead atoms. The maximum absolute atomic E-state index is 12.5. The standard InChI is InChI=1S/C39H56O6/c1-25-28(34(42)43)14-17-36(4)20-21-39(24-44-22-7-23-45-27-10-8-26(40)9-11-27)29(33(25)36)12-13-31-37(5)18-16-32(41)35(2,3)30(37)15-19-38(31,39)6/h7-12,23,25,28,30-33,40-41H,13-22,24H2,1-6H3,(H,42,43)/t25-,28+,30+,31+,32-,33-,36+,37-,38+,39-/m0/s1. The minimum absolute atomic E-state index is 0.0180. The number of carboxylic acids is 1. The third-order valence-electron chi connectivity index (χ3n) is 14.7. The molecule has 4 saturated carbocycles. The minimum atomic E-state index is -0.646. The Morgan fingerprint density at radius 2 is 1.69 bits per heavy atom. The third kappa shape index (κ3) is 4.99. The summed E-state index contributed by atoms with van der Waals surface area (Å²) in [4.78, 5) is 12.5. The molecule has 4 fully saturated rings. The van der Waals surface area contributed by atoms with Crippen molar-refractivity contribution in [3.05, 3.63) is 48.3 Å². The maximum atomic E-state index is 12.5. The Balaban J connectivity index is 1.34. The number of rotatable bonds is 7. The van der Waals surface area contributed by atoms with Gasteiger partial charge in [-0.3, -0.25) is 4.79 Å². The number of aliphatic carboxylic acids is 1. The van der Waals surface area contributed by atoms with Crippen molar-refractivity contribution < 1.29 is 29.6 Å². The van der Waals surface area contributed by atoms with Crippen molar-refractivity contribution in [3.8, 4) is 11.5 Å². The zero-order valence-corrected chi connectivity index (χ0v) is 28.4. The van der Waals surface area contributed by atoms with Crippen LogP contribution in [0.4, 0.5) is 0 Å². The van der Waals surface area contributed by atoms with Gasteiger partial charge in [0.15, 0.2) is 0 Å². The van der Waals surface area contributed by atoms with Gasteiger partial charge in [0.1, 0.15) is 11.5 Å². The third-order valence-corrected chi connectivity index (χ3v) is 14.7. The van der Waals surface area contributed by atoms with Crippen LogP contribution < -0.4 is 4.74 Å². The van der Waals surface area contributed by atoms with Crippen molar-refractivity contribution in [2.45, 2.75) is 105 Å². The van der Waals surface area contributed by atoms with E-state index in [0.29, 0.717) is 30.8 Å². The summed E-state index contributed by atoms with van der Waals surface area (Å²) in [7, 11) is 0. The van der Waals surface area contributed by atoms with Crippen LogP contribution in [-0.2, 0) is 9.53 Å². The second kappa shape index (κ2) is 11.4. The maximum Gasteiger partial charge on any atom is 0.306 e. The van der Waals surface area contributed by atoms with Crippen molar-refractivity contribution >= 4 is 5.97 Å². The topological polar surface area (TPSA) is 96.2 Å². The molecule has 0 amide bonds. The average Bonchev–Trinajstić information content (AvgIpc) is 2.98. The van der Waals surface area contributed by atoms with Gasteiger partial charge in [0.05, 0.1) is 31.5 Å². The predicted octanol–water partition coefficient (Wildman–Crippen LogP) is 8.38. The van der Waals surface area contributed by atoms with Crippen LogP contribution in [0.25, 0.3) is 0 Å². The van der Waals surface area contributed by atoms with Crippen LogP contribution in [0.2, 0.25) is 0 Å². The van der Waals surface area contributed by atoms with E-state index in [1.54, 1.807) is 30.5 Å². The number of aliphatic hydroxyl groups excluding tert-OH is 1. The molecule has 6 nitrogen and oxygen atoms in total. The van der Waals surface area contributed by atoms with Crippen LogP contribution >= 0.6 is 0 Å². The SMILES string of the molecule is C[C@@H]1[C@H]2C3=CC[C@@H]4[C@@]5(C)CC[C@H](O)C(C)(C)[C@H]5CC[C@@]4(C)[C@]3(COCC=COc3ccc(O)cc3)CC[C@@]2(C)CC[C@H]1C(=O)O. The minimum Gasteiger partial charge on any atom is -0.508 e. The van der Waals surface area contributed by atoms with E-state index in [1.807, 2.05) is 6.08 Å². The molecule has 1 aromatic rings. The zero-order valence-electron chi connectivity index (χ0n) is 28.4. The summed E-state index contributed by atoms with van der Waals surface area (Å²) in [6.07, 6.45) is 15.0. The number of aliphatic hydroxyl groups is 1. The van der Waals surface area contributed by atoms with Crippen LogP contribution in [-0.4, -0.2) is 40.6 Å². The largest absolute Gasteiger partial charge is 0.508 e. The fourth-order valence-electron chi connectivity index (χ4n) is 12.1. The number of carboxylic acid groups (broad SMARTS) is 1. The first-order chi connectivity index (χ1) is 21.2. The normalized spacial score (nSPS) is 43.8. The lowest BCUT2D eigenvalue weighted by molar-refractivity contribution is -0.216. The molecule has 45 heavy (non-hydrogen) atoms. The lowest BCUT2D eigenvalue weighted by atomic mass is 9.33. The first-order valence-corrected chi connectivity index (χ1v) is 17.5. The molecule has 0 unspecified atom stereocenters. The van der Waals surface area contributed by atoms with E-state index in [2.05, 4.69) is 47.6 Å². The van der Waals surface area contributed by atoms with Crippen LogP contribution in [0.5, 0.6) is 11.5 Å². The molecule has 1 aromatic carbocycles. The van der Waals surface area contributed by atoms with Crippen LogP contribution in [0, 0.1) is 56.7 Å². The summed E-state index contributed by atoms with van der Waals surface area (Å²) < 4.78 is 12.4. The second-order valence-corrected chi connectivity index (χ2v) is 16.9. The van der Waals surface area contributed by atoms with Gasteiger partial charge >= 0.3 is 5.97 Å². The summed E-state index contributed by atoms with van der Waals surface area (Å²) in [5.41, 5.74) is 1.49. The van der Waals surface area contributed by atoms with Crippen molar-refractivity contribution in [2.75, 3.05) is 13.2 Å². The molecule has 6 heteroatoms. The molecule has 0 heterocycles. The van der Waals surface area contributed by atoms with Gasteiger partial charge in [-0.1, -0.05) is 53.2 Å². The van der Waals surface area contributed by atoms with E-state index in [1.165, 1.54) is 5.57 Å². The Kier molecular flexibility index (Phi) is 8.29. The number of aromatic hydroxyl groups is 1. The van der Waals surface area contributed by atoms with Gasteiger partial charge in [0.25, 0.3) is 0 Å². The molecule has 0 spiro atoms. The Hall–Kier alpha value is -2.31. The first kappa shape index (κ1) is 32.6. The van der Waals surface area contributed by atoms with E-state index < -0.39 is 5.97 Å². The molecule has 5 aliphatic carbocycles. The summed E-state index contributed by atoms with van der Waals surface area (Å²) in [5, 5.41) is 30.9. The Morgan fingerprint density at radius 1 is 0.956 bits per heavy atom. The predicted molar refractivity (Wildman–Crippen MR) is 176 cm³/mol. The van der Waals surface area contributed by atoms with E-state index >= 15 is 0 Å². The van der Waals surface area contributed by atoms with Crippen LogP contribution in [0.3, 0.4) is 0 Å². The Bertz CT molecular complexity index is 1330. The highest BCUT2D eigenvalue weighted by Crippen LogP contribution is 2.75. The van der Waals surface area contributed by atoms with Gasteiger partial charge in [-0.15, -0.1) is 0 Å². The molecule has 0 saturated heterocycles. The van der Waals surface area contributed by atoms with E-state index in [-0.39, 0.29) is 56.7 Å². The van der Waals surface area contributed by atoms with Crippen molar-refractivity contribution in [2.24, 2.45) is 56.7 Å². The smallest absolute Gasteiger partial charge is 0.306 e. The molecule has 10 atom stereocenters. The summed E-state index contributed by atoms with van der Waals surface area (Å²) in [6, 6.07) is 6.68. The molecule has 6 rings (SSSR count). The number of hydrogen-bond acceptors (Lipinski definition) is 5. The zero-order chi connectivity index (χ0) is 32.4. The van der Waals surface area contributed by atoms with Crippen LogP contribution in [0.1, 0.15) is 99.3 Å².